The van der Waals surface area contributed by atoms with Gasteiger partial charge in [-0.15, -0.1) is 11.6 Å². The average Bonchev–Trinajstić information content (AvgIpc) is 2.25. The van der Waals surface area contributed by atoms with Crippen molar-refractivity contribution in [3.8, 4) is 11.8 Å². The Morgan fingerprint density at radius 2 is 1.69 bits per heavy atom. The van der Waals surface area contributed by atoms with Crippen molar-refractivity contribution in [1.29, 1.82) is 0 Å². The van der Waals surface area contributed by atoms with Gasteiger partial charge in [0, 0.05) is 5.56 Å². The summed E-state index contributed by atoms with van der Waals surface area (Å²) >= 11 is 6.06. The fraction of sp³-hybridized carbons (Fsp3) is 0.200. The molecule has 0 aromatic heterocycles. The molecule has 0 unspecified atom stereocenters. The zero-order valence-corrected chi connectivity index (χ0v) is 10.2. The minimum Gasteiger partial charge on any atom is -0.106 e. The van der Waals surface area contributed by atoms with E-state index in [0.29, 0.717) is 0 Å². The molecule has 0 saturated heterocycles. The first-order chi connectivity index (χ1) is 7.56. The van der Waals surface area contributed by atoms with Gasteiger partial charge in [0.1, 0.15) is 0 Å². The van der Waals surface area contributed by atoms with Crippen molar-refractivity contribution in [3.05, 3.63) is 48.0 Å². The van der Waals surface area contributed by atoms with Gasteiger partial charge in [-0.25, -0.2) is 0 Å². The van der Waals surface area contributed by atoms with E-state index >= 15 is 0 Å². The molecule has 2 aromatic carbocycles. The fourth-order valence-corrected chi connectivity index (χ4v) is 1.60. The van der Waals surface area contributed by atoms with Gasteiger partial charge in [-0.1, -0.05) is 48.2 Å². The molecule has 0 nitrogen and oxygen atoms in total. The number of benzene rings is 2. The molecular weight excluding hydrogens is 216 g/mol. The lowest BCUT2D eigenvalue weighted by Gasteiger charge is -2.04. The predicted octanol–water partition coefficient (Wildman–Crippen LogP) is 4.21. The molecule has 0 atom stereocenters. The van der Waals surface area contributed by atoms with Crippen LogP contribution in [0.4, 0.5) is 0 Å². The summed E-state index contributed by atoms with van der Waals surface area (Å²) in [7, 11) is 0. The number of alkyl halides is 1. The highest BCUT2D eigenvalue weighted by Crippen LogP contribution is 2.18. The summed E-state index contributed by atoms with van der Waals surface area (Å²) in [6.07, 6.45) is 0. The SMILES string of the molecule is CC(C)(Cl)C#Cc1cccc2ccccc12. The first-order valence-corrected chi connectivity index (χ1v) is 5.64. The highest BCUT2D eigenvalue weighted by Gasteiger charge is 2.07. The Morgan fingerprint density at radius 1 is 1.00 bits per heavy atom. The van der Waals surface area contributed by atoms with Crippen molar-refractivity contribution in [1.82, 2.24) is 0 Å². The van der Waals surface area contributed by atoms with Crippen LogP contribution in [0.15, 0.2) is 42.5 Å². The Kier molecular flexibility index (Phi) is 2.90. The zero-order valence-electron chi connectivity index (χ0n) is 9.42. The smallest absolute Gasteiger partial charge is 0.0997 e. The molecule has 1 heteroatoms. The maximum absolute atomic E-state index is 6.06. The predicted molar refractivity (Wildman–Crippen MR) is 70.8 cm³/mol. The summed E-state index contributed by atoms with van der Waals surface area (Å²) in [5.41, 5.74) is 1.03. The van der Waals surface area contributed by atoms with Crippen molar-refractivity contribution < 1.29 is 0 Å². The Labute approximate surface area is 101 Å². The molecule has 2 aromatic rings. The van der Waals surface area contributed by atoms with Gasteiger partial charge in [0.05, 0.1) is 4.87 Å². The van der Waals surface area contributed by atoms with Crippen LogP contribution in [0.1, 0.15) is 19.4 Å². The number of halogens is 1. The third-order valence-corrected chi connectivity index (χ3v) is 2.38. The summed E-state index contributed by atoms with van der Waals surface area (Å²) in [5.74, 6) is 6.19. The first kappa shape index (κ1) is 11.0. The van der Waals surface area contributed by atoms with Crippen molar-refractivity contribution in [2.24, 2.45) is 0 Å². The number of rotatable bonds is 0. The average molecular weight is 229 g/mol. The number of hydrogen-bond donors (Lipinski definition) is 0. The Hall–Kier alpha value is -1.45. The van der Waals surface area contributed by atoms with E-state index in [4.69, 9.17) is 11.6 Å². The molecule has 0 aliphatic heterocycles. The Bertz CT molecular complexity index is 560. The second-order valence-electron chi connectivity index (χ2n) is 4.25. The largest absolute Gasteiger partial charge is 0.106 e. The molecule has 0 radical (unpaired) electrons. The van der Waals surface area contributed by atoms with Crippen molar-refractivity contribution in [2.45, 2.75) is 18.7 Å². The molecule has 0 fully saturated rings. The summed E-state index contributed by atoms with van der Waals surface area (Å²) in [5, 5.41) is 2.39. The molecule has 0 spiro atoms. The van der Waals surface area contributed by atoms with Crippen LogP contribution in [-0.2, 0) is 0 Å². The quantitative estimate of drug-likeness (QED) is 0.468. The number of fused-ring (bicyclic) bond motifs is 1. The second-order valence-corrected chi connectivity index (χ2v) is 5.19. The third-order valence-electron chi connectivity index (χ3n) is 2.28. The summed E-state index contributed by atoms with van der Waals surface area (Å²) in [6.45, 7) is 3.79. The van der Waals surface area contributed by atoms with Crippen molar-refractivity contribution >= 4 is 22.4 Å². The molecule has 0 saturated carbocycles. The van der Waals surface area contributed by atoms with Crippen LogP contribution < -0.4 is 0 Å². The lowest BCUT2D eigenvalue weighted by Crippen LogP contribution is -2.04. The lowest BCUT2D eigenvalue weighted by molar-refractivity contribution is 0.917. The van der Waals surface area contributed by atoms with Gasteiger partial charge in [0.15, 0.2) is 0 Å². The molecule has 0 N–H and O–H groups in total. The topological polar surface area (TPSA) is 0 Å². The molecule has 0 aliphatic rings. The molecule has 16 heavy (non-hydrogen) atoms. The number of hydrogen-bond acceptors (Lipinski definition) is 0. The molecule has 0 heterocycles. The molecule has 0 bridgehead atoms. The van der Waals surface area contributed by atoms with Crippen LogP contribution in [0.5, 0.6) is 0 Å². The molecule has 0 aliphatic carbocycles. The van der Waals surface area contributed by atoms with E-state index in [-0.39, 0.29) is 0 Å². The van der Waals surface area contributed by atoms with Gasteiger partial charge in [-0.05, 0) is 30.7 Å². The highest BCUT2D eigenvalue weighted by molar-refractivity contribution is 6.25. The second kappa shape index (κ2) is 4.20. The summed E-state index contributed by atoms with van der Waals surface area (Å²) in [4.78, 5) is -0.475. The first-order valence-electron chi connectivity index (χ1n) is 5.26. The summed E-state index contributed by atoms with van der Waals surface area (Å²) < 4.78 is 0. The van der Waals surface area contributed by atoms with E-state index in [0.717, 1.165) is 5.56 Å². The van der Waals surface area contributed by atoms with Gasteiger partial charge in [-0.2, -0.15) is 0 Å². The third kappa shape index (κ3) is 2.56. The van der Waals surface area contributed by atoms with E-state index in [2.05, 4.69) is 30.0 Å². The highest BCUT2D eigenvalue weighted by atomic mass is 35.5. The maximum atomic E-state index is 6.06. The van der Waals surface area contributed by atoms with Crippen LogP contribution in [-0.4, -0.2) is 4.87 Å². The van der Waals surface area contributed by atoms with E-state index < -0.39 is 4.87 Å². The van der Waals surface area contributed by atoms with E-state index in [9.17, 15) is 0 Å². The van der Waals surface area contributed by atoms with Gasteiger partial charge in [-0.3, -0.25) is 0 Å². The van der Waals surface area contributed by atoms with Gasteiger partial charge in [0.2, 0.25) is 0 Å². The minimum atomic E-state index is -0.475. The monoisotopic (exact) mass is 228 g/mol. The molecule has 80 valence electrons. The molecular formula is C15H13Cl. The van der Waals surface area contributed by atoms with Crippen LogP contribution in [0, 0.1) is 11.8 Å². The van der Waals surface area contributed by atoms with Gasteiger partial charge >= 0.3 is 0 Å². The van der Waals surface area contributed by atoms with Crippen LogP contribution in [0.25, 0.3) is 10.8 Å². The van der Waals surface area contributed by atoms with Crippen LogP contribution >= 0.6 is 11.6 Å². The lowest BCUT2D eigenvalue weighted by atomic mass is 10.0. The van der Waals surface area contributed by atoms with Gasteiger partial charge < -0.3 is 0 Å². The van der Waals surface area contributed by atoms with E-state index in [1.807, 2.05) is 38.1 Å². The summed E-state index contributed by atoms with van der Waals surface area (Å²) in [6, 6.07) is 14.4. The van der Waals surface area contributed by atoms with Gasteiger partial charge in [0.25, 0.3) is 0 Å². The Morgan fingerprint density at radius 3 is 2.44 bits per heavy atom. The van der Waals surface area contributed by atoms with E-state index in [1.54, 1.807) is 0 Å². The zero-order chi connectivity index (χ0) is 11.6. The normalized spacial score (nSPS) is 10.9. The maximum Gasteiger partial charge on any atom is 0.0997 e. The molecule has 0 amide bonds. The van der Waals surface area contributed by atoms with E-state index in [1.165, 1.54) is 10.8 Å². The van der Waals surface area contributed by atoms with Crippen LogP contribution in [0.2, 0.25) is 0 Å². The van der Waals surface area contributed by atoms with Crippen molar-refractivity contribution in [3.63, 3.8) is 0 Å². The molecule has 2 rings (SSSR count). The Balaban J connectivity index is 2.56. The minimum absolute atomic E-state index is 0.475. The van der Waals surface area contributed by atoms with Crippen molar-refractivity contribution in [2.75, 3.05) is 0 Å². The fourth-order valence-electron chi connectivity index (χ4n) is 1.55. The standard InChI is InChI=1S/C15H13Cl/c1-15(2,16)11-10-13-8-5-7-12-6-3-4-9-14(12)13/h3-9H,1-2H3. The van der Waals surface area contributed by atoms with Crippen LogP contribution in [0.3, 0.4) is 0 Å².